The molecular formula is C18H22N6O3. The first-order valence-electron chi connectivity index (χ1n) is 9.09. The number of nitrogens with zero attached hydrogens (tertiary/aromatic N) is 5. The number of anilines is 1. The third kappa shape index (κ3) is 3.68. The quantitative estimate of drug-likeness (QED) is 0.854. The number of carbonyl (C=O) groups excluding carboxylic acids is 2. The van der Waals surface area contributed by atoms with Crippen LogP contribution < -0.4 is 5.32 Å². The highest BCUT2D eigenvalue weighted by Gasteiger charge is 2.43. The molecule has 2 fully saturated rings. The van der Waals surface area contributed by atoms with Crippen LogP contribution in [0, 0.1) is 11.8 Å². The molecule has 0 unspecified atom stereocenters. The van der Waals surface area contributed by atoms with Crippen LogP contribution in [0.25, 0.3) is 0 Å². The number of nitrogens with one attached hydrogen (secondary N) is 1. The minimum atomic E-state index is -0.212. The Balaban J connectivity index is 1.47. The predicted molar refractivity (Wildman–Crippen MR) is 95.7 cm³/mol. The molecule has 2 amide bonds. The molecule has 2 aromatic rings. The minimum absolute atomic E-state index is 0.0101. The molecule has 27 heavy (non-hydrogen) atoms. The zero-order chi connectivity index (χ0) is 18.8. The van der Waals surface area contributed by atoms with Gasteiger partial charge in [-0.1, -0.05) is 0 Å². The fourth-order valence-corrected chi connectivity index (χ4v) is 3.87. The lowest BCUT2D eigenvalue weighted by Gasteiger charge is -2.44. The summed E-state index contributed by atoms with van der Waals surface area (Å²) < 4.78 is 7.39. The Bertz CT molecular complexity index is 824. The largest absolute Gasteiger partial charge is 0.378 e. The standard InChI is InChI=1S/C18H22N6O3/c1-23-11-20-16(22-23)18(26)24-7-4-15-14(10-24)13(5-8-27-15)17(25)21-12-3-2-6-19-9-12/h2-3,6,9,11,13-15H,4-5,7-8,10H2,1H3,(H,21,25)/t13-,14+,15-/m1/s1. The molecule has 0 spiro atoms. The van der Waals surface area contributed by atoms with Gasteiger partial charge in [-0.3, -0.25) is 19.3 Å². The predicted octanol–water partition coefficient (Wildman–Crippen LogP) is 0.716. The van der Waals surface area contributed by atoms with Crippen LogP contribution in [-0.2, 0) is 16.6 Å². The van der Waals surface area contributed by atoms with Crippen molar-refractivity contribution in [2.24, 2.45) is 18.9 Å². The van der Waals surface area contributed by atoms with E-state index in [0.29, 0.717) is 38.2 Å². The number of aromatic nitrogens is 4. The number of likely N-dealkylation sites (tertiary alicyclic amines) is 1. The number of ether oxygens (including phenoxy) is 1. The highest BCUT2D eigenvalue weighted by Crippen LogP contribution is 2.34. The van der Waals surface area contributed by atoms with Crippen molar-refractivity contribution in [1.82, 2.24) is 24.6 Å². The van der Waals surface area contributed by atoms with Crippen molar-refractivity contribution in [1.29, 1.82) is 0 Å². The number of pyridine rings is 1. The number of carbonyl (C=O) groups is 2. The fraction of sp³-hybridized carbons (Fsp3) is 0.500. The van der Waals surface area contributed by atoms with Crippen molar-refractivity contribution in [3.63, 3.8) is 0 Å². The smallest absolute Gasteiger partial charge is 0.293 e. The van der Waals surface area contributed by atoms with Gasteiger partial charge in [0.2, 0.25) is 11.7 Å². The Morgan fingerprint density at radius 3 is 2.96 bits per heavy atom. The van der Waals surface area contributed by atoms with Crippen molar-refractivity contribution < 1.29 is 14.3 Å². The van der Waals surface area contributed by atoms with Gasteiger partial charge < -0.3 is 15.0 Å². The van der Waals surface area contributed by atoms with Crippen LogP contribution in [0.4, 0.5) is 5.69 Å². The number of hydrogen-bond acceptors (Lipinski definition) is 6. The second kappa shape index (κ2) is 7.43. The van der Waals surface area contributed by atoms with Gasteiger partial charge in [-0.2, -0.15) is 0 Å². The molecule has 2 aliphatic heterocycles. The maximum absolute atomic E-state index is 12.8. The summed E-state index contributed by atoms with van der Waals surface area (Å²) in [4.78, 5) is 35.3. The first-order valence-corrected chi connectivity index (χ1v) is 9.09. The summed E-state index contributed by atoms with van der Waals surface area (Å²) in [6.45, 7) is 1.60. The summed E-state index contributed by atoms with van der Waals surface area (Å²) >= 11 is 0. The third-order valence-corrected chi connectivity index (χ3v) is 5.21. The van der Waals surface area contributed by atoms with E-state index in [9.17, 15) is 9.59 Å². The van der Waals surface area contributed by atoms with Gasteiger partial charge in [0.05, 0.1) is 18.0 Å². The highest BCUT2D eigenvalue weighted by molar-refractivity contribution is 5.93. The fourth-order valence-electron chi connectivity index (χ4n) is 3.87. The monoisotopic (exact) mass is 370 g/mol. The van der Waals surface area contributed by atoms with Crippen LogP contribution in [-0.4, -0.2) is 62.3 Å². The number of amides is 2. The molecule has 4 rings (SSSR count). The Morgan fingerprint density at radius 1 is 1.33 bits per heavy atom. The number of fused-ring (bicyclic) bond motifs is 1. The summed E-state index contributed by atoms with van der Waals surface area (Å²) in [7, 11) is 1.73. The SMILES string of the molecule is Cn1cnc(C(=O)N2CC[C@H]3OCC[C@@H](C(=O)Nc4cccnc4)[C@@H]3C2)n1. The van der Waals surface area contributed by atoms with Gasteiger partial charge in [-0.05, 0) is 25.0 Å². The van der Waals surface area contributed by atoms with E-state index >= 15 is 0 Å². The lowest BCUT2D eigenvalue weighted by molar-refractivity contribution is -0.135. The van der Waals surface area contributed by atoms with Gasteiger partial charge in [-0.15, -0.1) is 5.10 Å². The molecule has 0 radical (unpaired) electrons. The molecule has 0 aliphatic carbocycles. The first-order chi connectivity index (χ1) is 13.1. The lowest BCUT2D eigenvalue weighted by atomic mass is 9.79. The second-order valence-electron chi connectivity index (χ2n) is 6.98. The van der Waals surface area contributed by atoms with Crippen molar-refractivity contribution in [2.75, 3.05) is 25.0 Å². The summed E-state index contributed by atoms with van der Waals surface area (Å²) in [6.07, 6.45) is 6.13. The average molecular weight is 370 g/mol. The van der Waals surface area contributed by atoms with Crippen molar-refractivity contribution in [3.05, 3.63) is 36.7 Å². The zero-order valence-corrected chi connectivity index (χ0v) is 15.1. The summed E-state index contributed by atoms with van der Waals surface area (Å²) in [5, 5.41) is 7.03. The average Bonchev–Trinajstić information content (AvgIpc) is 3.13. The summed E-state index contributed by atoms with van der Waals surface area (Å²) in [5.74, 6) is -0.324. The molecule has 142 valence electrons. The zero-order valence-electron chi connectivity index (χ0n) is 15.1. The van der Waals surface area contributed by atoms with E-state index in [0.717, 1.165) is 0 Å². The first kappa shape index (κ1) is 17.6. The van der Waals surface area contributed by atoms with E-state index in [2.05, 4.69) is 20.4 Å². The minimum Gasteiger partial charge on any atom is -0.378 e. The van der Waals surface area contributed by atoms with Crippen LogP contribution in [0.15, 0.2) is 30.9 Å². The highest BCUT2D eigenvalue weighted by atomic mass is 16.5. The molecule has 0 aromatic carbocycles. The molecule has 2 saturated heterocycles. The normalized spacial score (nSPS) is 24.9. The molecule has 3 atom stereocenters. The molecule has 0 bridgehead atoms. The number of rotatable bonds is 3. The summed E-state index contributed by atoms with van der Waals surface area (Å²) in [5.41, 5.74) is 0.673. The van der Waals surface area contributed by atoms with Crippen molar-refractivity contribution in [2.45, 2.75) is 18.9 Å². The molecule has 2 aromatic heterocycles. The lowest BCUT2D eigenvalue weighted by Crippen LogP contribution is -2.54. The molecule has 0 saturated carbocycles. The topological polar surface area (TPSA) is 102 Å². The van der Waals surface area contributed by atoms with Gasteiger partial charge in [0.1, 0.15) is 6.33 Å². The molecule has 9 heteroatoms. The van der Waals surface area contributed by atoms with E-state index in [1.54, 1.807) is 30.4 Å². The number of piperidine rings is 1. The van der Waals surface area contributed by atoms with Crippen molar-refractivity contribution >= 4 is 17.5 Å². The molecular weight excluding hydrogens is 348 g/mol. The van der Waals surface area contributed by atoms with Gasteiger partial charge in [0.25, 0.3) is 5.91 Å². The van der Waals surface area contributed by atoms with Crippen LogP contribution in [0.2, 0.25) is 0 Å². The van der Waals surface area contributed by atoms with Gasteiger partial charge in [0, 0.05) is 44.8 Å². The number of hydrogen-bond donors (Lipinski definition) is 1. The Labute approximate surface area is 156 Å². The molecule has 9 nitrogen and oxygen atoms in total. The van der Waals surface area contributed by atoms with Crippen LogP contribution in [0.1, 0.15) is 23.5 Å². The maximum atomic E-state index is 12.8. The Hall–Kier alpha value is -2.81. The second-order valence-corrected chi connectivity index (χ2v) is 6.98. The van der Waals surface area contributed by atoms with E-state index in [-0.39, 0.29) is 35.6 Å². The van der Waals surface area contributed by atoms with Crippen LogP contribution in [0.5, 0.6) is 0 Å². The molecule has 2 aliphatic rings. The van der Waals surface area contributed by atoms with E-state index < -0.39 is 0 Å². The van der Waals surface area contributed by atoms with E-state index in [1.165, 1.54) is 11.0 Å². The Morgan fingerprint density at radius 2 is 2.22 bits per heavy atom. The molecule has 1 N–H and O–H groups in total. The van der Waals surface area contributed by atoms with Gasteiger partial charge in [0.15, 0.2) is 0 Å². The van der Waals surface area contributed by atoms with Gasteiger partial charge in [-0.25, -0.2) is 4.98 Å². The van der Waals surface area contributed by atoms with Crippen LogP contribution >= 0.6 is 0 Å². The summed E-state index contributed by atoms with van der Waals surface area (Å²) in [6, 6.07) is 3.59. The number of aryl methyl sites for hydroxylation is 1. The van der Waals surface area contributed by atoms with Gasteiger partial charge >= 0.3 is 0 Å². The van der Waals surface area contributed by atoms with E-state index in [1.807, 2.05) is 6.07 Å². The van der Waals surface area contributed by atoms with Crippen LogP contribution in [0.3, 0.4) is 0 Å². The third-order valence-electron chi connectivity index (χ3n) is 5.21. The van der Waals surface area contributed by atoms with E-state index in [4.69, 9.17) is 4.74 Å². The van der Waals surface area contributed by atoms with Crippen molar-refractivity contribution in [3.8, 4) is 0 Å². The Kier molecular flexibility index (Phi) is 4.85. The molecule has 4 heterocycles. The maximum Gasteiger partial charge on any atom is 0.293 e.